The van der Waals surface area contributed by atoms with Crippen molar-refractivity contribution in [3.8, 4) is 0 Å². The molecule has 0 aromatic carbocycles. The van der Waals surface area contributed by atoms with Crippen molar-refractivity contribution < 1.29 is 10.2 Å². The van der Waals surface area contributed by atoms with E-state index in [0.29, 0.717) is 6.42 Å². The lowest BCUT2D eigenvalue weighted by atomic mass is 9.75. The number of aliphatic hydroxyl groups excluding tert-OH is 1. The largest absolute Gasteiger partial charge is 0.393 e. The number of rotatable bonds is 2. The third-order valence-electron chi connectivity index (χ3n) is 2.24. The van der Waals surface area contributed by atoms with Crippen molar-refractivity contribution in [2.75, 3.05) is 6.61 Å². The summed E-state index contributed by atoms with van der Waals surface area (Å²) in [6.45, 7) is 7.49. The summed E-state index contributed by atoms with van der Waals surface area (Å²) in [5, 5.41) is 18.6. The lowest BCUT2D eigenvalue weighted by Gasteiger charge is -2.37. The monoisotopic (exact) mass is 146 g/mol. The molecule has 0 rings (SSSR count). The number of hydrogen-bond acceptors (Lipinski definition) is 2. The van der Waals surface area contributed by atoms with Gasteiger partial charge < -0.3 is 10.2 Å². The lowest BCUT2D eigenvalue weighted by Crippen LogP contribution is -2.45. The van der Waals surface area contributed by atoms with Crippen LogP contribution >= 0.6 is 0 Å². The normalized spacial score (nSPS) is 18.6. The van der Waals surface area contributed by atoms with Gasteiger partial charge in [0.25, 0.3) is 0 Å². The molecule has 2 heteroatoms. The summed E-state index contributed by atoms with van der Waals surface area (Å²) in [6.07, 6.45) is 0.590. The van der Waals surface area contributed by atoms with E-state index in [-0.39, 0.29) is 12.0 Å². The first kappa shape index (κ1) is 9.92. The molecule has 0 aliphatic heterocycles. The van der Waals surface area contributed by atoms with Crippen LogP contribution in [-0.4, -0.2) is 22.4 Å². The predicted molar refractivity (Wildman–Crippen MR) is 41.8 cm³/mol. The number of hydrogen-bond donors (Lipinski definition) is 2. The molecule has 1 atom stereocenters. The Labute approximate surface area is 62.9 Å². The van der Waals surface area contributed by atoms with Crippen molar-refractivity contribution in [1.29, 1.82) is 0 Å². The topological polar surface area (TPSA) is 40.5 Å². The van der Waals surface area contributed by atoms with Crippen LogP contribution in [0.15, 0.2) is 0 Å². The zero-order valence-electron chi connectivity index (χ0n) is 7.31. The highest BCUT2D eigenvalue weighted by Gasteiger charge is 2.37. The van der Waals surface area contributed by atoms with Gasteiger partial charge in [-0.05, 0) is 11.8 Å². The first-order valence-corrected chi connectivity index (χ1v) is 3.70. The highest BCUT2D eigenvalue weighted by atomic mass is 16.3. The molecular formula is C8H18O2. The highest BCUT2D eigenvalue weighted by molar-refractivity contribution is 4.88. The molecule has 0 bridgehead atoms. The van der Waals surface area contributed by atoms with Gasteiger partial charge in [0.1, 0.15) is 0 Å². The molecule has 10 heavy (non-hydrogen) atoms. The van der Waals surface area contributed by atoms with Gasteiger partial charge in [-0.15, -0.1) is 0 Å². The maximum Gasteiger partial charge on any atom is 0.0922 e. The maximum absolute atomic E-state index is 9.72. The molecule has 0 saturated carbocycles. The van der Waals surface area contributed by atoms with E-state index >= 15 is 0 Å². The molecular weight excluding hydrogens is 128 g/mol. The summed E-state index contributed by atoms with van der Waals surface area (Å²) in [4.78, 5) is 0. The van der Waals surface area contributed by atoms with Crippen molar-refractivity contribution in [3.05, 3.63) is 0 Å². The smallest absolute Gasteiger partial charge is 0.0922 e. The Morgan fingerprint density at radius 2 is 1.60 bits per heavy atom. The summed E-state index contributed by atoms with van der Waals surface area (Å²) in [7, 11) is 0. The van der Waals surface area contributed by atoms with E-state index in [9.17, 15) is 5.11 Å². The van der Waals surface area contributed by atoms with Gasteiger partial charge in [-0.2, -0.15) is 0 Å². The zero-order chi connectivity index (χ0) is 8.41. The SMILES string of the molecule is CC[C@](O)(CO)C(C)(C)C. The fourth-order valence-electron chi connectivity index (χ4n) is 0.879. The molecule has 0 spiro atoms. The van der Waals surface area contributed by atoms with Crippen LogP contribution in [0.4, 0.5) is 0 Å². The van der Waals surface area contributed by atoms with E-state index in [1.54, 1.807) is 0 Å². The van der Waals surface area contributed by atoms with Crippen LogP contribution in [0.1, 0.15) is 34.1 Å². The van der Waals surface area contributed by atoms with Crippen LogP contribution in [0.3, 0.4) is 0 Å². The van der Waals surface area contributed by atoms with Crippen LogP contribution in [0, 0.1) is 5.41 Å². The second-order valence-corrected chi connectivity index (χ2v) is 3.79. The van der Waals surface area contributed by atoms with Crippen LogP contribution in [0.2, 0.25) is 0 Å². The Bertz CT molecular complexity index is 98.3. The molecule has 0 saturated heterocycles. The first-order chi connectivity index (χ1) is 4.37. The Hall–Kier alpha value is -0.0800. The van der Waals surface area contributed by atoms with Gasteiger partial charge in [-0.1, -0.05) is 27.7 Å². The minimum absolute atomic E-state index is 0.160. The molecule has 0 heterocycles. The van der Waals surface area contributed by atoms with Crippen LogP contribution in [0.25, 0.3) is 0 Å². The molecule has 0 amide bonds. The molecule has 2 nitrogen and oxygen atoms in total. The summed E-state index contributed by atoms with van der Waals surface area (Å²) in [6, 6.07) is 0. The third-order valence-corrected chi connectivity index (χ3v) is 2.24. The van der Waals surface area contributed by atoms with Crippen LogP contribution < -0.4 is 0 Å². The number of aliphatic hydroxyl groups is 2. The second-order valence-electron chi connectivity index (χ2n) is 3.79. The fourth-order valence-corrected chi connectivity index (χ4v) is 0.879. The minimum Gasteiger partial charge on any atom is -0.393 e. The van der Waals surface area contributed by atoms with E-state index in [1.807, 2.05) is 27.7 Å². The molecule has 0 aromatic heterocycles. The van der Waals surface area contributed by atoms with Gasteiger partial charge in [0, 0.05) is 0 Å². The van der Waals surface area contributed by atoms with Gasteiger partial charge in [-0.25, -0.2) is 0 Å². The zero-order valence-corrected chi connectivity index (χ0v) is 7.31. The van der Waals surface area contributed by atoms with Gasteiger partial charge >= 0.3 is 0 Å². The third kappa shape index (κ3) is 1.70. The Morgan fingerprint density at radius 1 is 1.20 bits per heavy atom. The molecule has 0 fully saturated rings. The second kappa shape index (κ2) is 2.89. The Kier molecular flexibility index (Phi) is 2.86. The van der Waals surface area contributed by atoms with Crippen LogP contribution in [-0.2, 0) is 0 Å². The molecule has 0 aliphatic rings. The first-order valence-electron chi connectivity index (χ1n) is 3.70. The Balaban J connectivity index is 4.33. The predicted octanol–water partition coefficient (Wildman–Crippen LogP) is 1.17. The molecule has 2 N–H and O–H groups in total. The van der Waals surface area contributed by atoms with Gasteiger partial charge in [0.2, 0.25) is 0 Å². The lowest BCUT2D eigenvalue weighted by molar-refractivity contribution is -0.0968. The van der Waals surface area contributed by atoms with Crippen molar-refractivity contribution >= 4 is 0 Å². The van der Waals surface area contributed by atoms with Crippen molar-refractivity contribution in [2.45, 2.75) is 39.7 Å². The molecule has 0 aliphatic carbocycles. The Morgan fingerprint density at radius 3 is 1.60 bits per heavy atom. The molecule has 0 radical (unpaired) electrons. The maximum atomic E-state index is 9.72. The summed E-state index contributed by atoms with van der Waals surface area (Å²) >= 11 is 0. The van der Waals surface area contributed by atoms with Crippen molar-refractivity contribution in [1.82, 2.24) is 0 Å². The summed E-state index contributed by atoms with van der Waals surface area (Å²) in [5.41, 5.74) is -1.16. The summed E-state index contributed by atoms with van der Waals surface area (Å²) < 4.78 is 0. The van der Waals surface area contributed by atoms with Crippen LogP contribution in [0.5, 0.6) is 0 Å². The standard InChI is InChI=1S/C8H18O2/c1-5-8(10,6-9)7(2,3)4/h9-10H,5-6H2,1-4H3/t8-/m0/s1. The molecule has 62 valence electrons. The average molecular weight is 146 g/mol. The van der Waals surface area contributed by atoms with E-state index in [0.717, 1.165) is 0 Å². The molecule has 0 unspecified atom stereocenters. The quantitative estimate of drug-likeness (QED) is 0.614. The average Bonchev–Trinajstić information content (AvgIpc) is 1.84. The molecule has 0 aromatic rings. The van der Waals surface area contributed by atoms with E-state index in [1.165, 1.54) is 0 Å². The summed E-state index contributed by atoms with van der Waals surface area (Å²) in [5.74, 6) is 0. The van der Waals surface area contributed by atoms with Gasteiger partial charge in [0.05, 0.1) is 12.2 Å². The minimum atomic E-state index is -0.924. The van der Waals surface area contributed by atoms with Crippen molar-refractivity contribution in [3.63, 3.8) is 0 Å². The van der Waals surface area contributed by atoms with Crippen molar-refractivity contribution in [2.24, 2.45) is 5.41 Å². The van der Waals surface area contributed by atoms with Gasteiger partial charge in [-0.3, -0.25) is 0 Å². The van der Waals surface area contributed by atoms with E-state index < -0.39 is 5.60 Å². The highest BCUT2D eigenvalue weighted by Crippen LogP contribution is 2.32. The fraction of sp³-hybridized carbons (Fsp3) is 1.00. The van der Waals surface area contributed by atoms with Gasteiger partial charge in [0.15, 0.2) is 0 Å². The van der Waals surface area contributed by atoms with E-state index in [2.05, 4.69) is 0 Å². The van der Waals surface area contributed by atoms with E-state index in [4.69, 9.17) is 5.11 Å².